The predicted octanol–water partition coefficient (Wildman–Crippen LogP) is 2.98. The molecule has 7 heteroatoms. The van der Waals surface area contributed by atoms with Gasteiger partial charge in [0.05, 0.1) is 23.1 Å². The number of piperidine rings is 1. The Hall–Kier alpha value is -2.51. The van der Waals surface area contributed by atoms with Crippen molar-refractivity contribution in [1.29, 1.82) is 0 Å². The number of hydrogen-bond acceptors (Lipinski definition) is 5. The molecule has 0 radical (unpaired) electrons. The zero-order valence-corrected chi connectivity index (χ0v) is 17.9. The molecule has 1 amide bonds. The molecule has 0 N–H and O–H groups in total. The number of hydrogen-bond donors (Lipinski definition) is 0. The summed E-state index contributed by atoms with van der Waals surface area (Å²) in [6.45, 7) is 4.33. The van der Waals surface area contributed by atoms with Crippen LogP contribution in [0.5, 0.6) is 0 Å². The summed E-state index contributed by atoms with van der Waals surface area (Å²) in [5, 5.41) is 0.563. The third-order valence-corrected chi connectivity index (χ3v) is 7.05. The van der Waals surface area contributed by atoms with Crippen LogP contribution in [0.1, 0.15) is 33.6 Å². The maximum Gasteiger partial charge on any atom is 0.264 e. The van der Waals surface area contributed by atoms with Gasteiger partial charge in [-0.1, -0.05) is 30.3 Å². The van der Waals surface area contributed by atoms with Crippen LogP contribution in [0, 0.1) is 6.92 Å². The molecular formula is C22H26N4O2S. The molecule has 3 aromatic rings. The van der Waals surface area contributed by atoms with Crippen LogP contribution >= 0.6 is 11.3 Å². The zero-order chi connectivity index (χ0) is 20.5. The molecule has 4 rings (SSSR count). The largest absolute Gasteiger partial charge is 0.338 e. The van der Waals surface area contributed by atoms with Crippen LogP contribution < -0.4 is 5.56 Å². The lowest BCUT2D eigenvalue weighted by atomic mass is 10.0. The fourth-order valence-corrected chi connectivity index (χ4v) is 5.09. The molecule has 152 valence electrons. The molecule has 0 unspecified atom stereocenters. The summed E-state index contributed by atoms with van der Waals surface area (Å²) in [7, 11) is 3.99. The number of nitrogens with zero attached hydrogens (tertiary/aromatic N) is 4. The van der Waals surface area contributed by atoms with E-state index in [9.17, 15) is 9.59 Å². The molecule has 0 atom stereocenters. The molecule has 1 fully saturated rings. The Morgan fingerprint density at radius 2 is 1.93 bits per heavy atom. The lowest BCUT2D eigenvalue weighted by Gasteiger charge is -2.35. The summed E-state index contributed by atoms with van der Waals surface area (Å²) in [5.41, 5.74) is 1.70. The summed E-state index contributed by atoms with van der Waals surface area (Å²) in [5.74, 6) is -0.00550. The van der Waals surface area contributed by atoms with Gasteiger partial charge in [0.25, 0.3) is 11.5 Å². The number of benzene rings is 1. The van der Waals surface area contributed by atoms with Crippen molar-refractivity contribution in [1.82, 2.24) is 19.4 Å². The number of rotatable bonds is 4. The number of fused-ring (bicyclic) bond motifs is 1. The van der Waals surface area contributed by atoms with Crippen molar-refractivity contribution < 1.29 is 4.79 Å². The number of amides is 1. The molecule has 0 saturated carbocycles. The number of carbonyl (C=O) groups excluding carboxylic acids is 1. The topological polar surface area (TPSA) is 58.4 Å². The fraction of sp³-hybridized carbons (Fsp3) is 0.409. The summed E-state index contributed by atoms with van der Waals surface area (Å²) >= 11 is 1.33. The van der Waals surface area contributed by atoms with Gasteiger partial charge in [-0.2, -0.15) is 0 Å². The molecule has 2 aromatic heterocycles. The summed E-state index contributed by atoms with van der Waals surface area (Å²) < 4.78 is 1.62. The molecule has 1 aliphatic rings. The highest BCUT2D eigenvalue weighted by Crippen LogP contribution is 2.29. The van der Waals surface area contributed by atoms with Crippen LogP contribution in [0.25, 0.3) is 10.2 Å². The van der Waals surface area contributed by atoms with Gasteiger partial charge < -0.3 is 9.80 Å². The predicted molar refractivity (Wildman–Crippen MR) is 117 cm³/mol. The summed E-state index contributed by atoms with van der Waals surface area (Å²) in [6, 6.07) is 10.1. The standard InChI is InChI=1S/C22H26N4O2S/c1-15-18-20(23-14-26(21(18)27)13-16-7-5-4-6-8-16)29-19(15)22(28)25(3)17-9-11-24(2)12-10-17/h4-8,14,17H,9-13H2,1-3H3. The van der Waals surface area contributed by atoms with E-state index < -0.39 is 0 Å². The summed E-state index contributed by atoms with van der Waals surface area (Å²) in [4.78, 5) is 36.2. The maximum absolute atomic E-state index is 13.2. The first-order chi connectivity index (χ1) is 14.0. The van der Waals surface area contributed by atoms with Crippen molar-refractivity contribution in [3.8, 4) is 0 Å². The minimum atomic E-state index is -0.0893. The van der Waals surface area contributed by atoms with Crippen molar-refractivity contribution in [2.24, 2.45) is 0 Å². The average molecular weight is 411 g/mol. The van der Waals surface area contributed by atoms with Gasteiger partial charge in [-0.15, -0.1) is 11.3 Å². The Morgan fingerprint density at radius 3 is 2.62 bits per heavy atom. The number of thiophene rings is 1. The molecular weight excluding hydrogens is 384 g/mol. The first-order valence-electron chi connectivity index (χ1n) is 9.94. The lowest BCUT2D eigenvalue weighted by molar-refractivity contribution is 0.0664. The van der Waals surface area contributed by atoms with E-state index in [4.69, 9.17) is 0 Å². The van der Waals surface area contributed by atoms with E-state index in [1.165, 1.54) is 11.3 Å². The molecule has 3 heterocycles. The van der Waals surface area contributed by atoms with Gasteiger partial charge in [-0.05, 0) is 51.0 Å². The zero-order valence-electron chi connectivity index (χ0n) is 17.1. The van der Waals surface area contributed by atoms with Gasteiger partial charge in [-0.3, -0.25) is 14.2 Å². The van der Waals surface area contributed by atoms with Gasteiger partial charge in [0, 0.05) is 13.1 Å². The van der Waals surface area contributed by atoms with Gasteiger partial charge in [-0.25, -0.2) is 4.98 Å². The van der Waals surface area contributed by atoms with E-state index in [1.807, 2.05) is 49.2 Å². The lowest BCUT2D eigenvalue weighted by Crippen LogP contribution is -2.44. The van der Waals surface area contributed by atoms with Gasteiger partial charge >= 0.3 is 0 Å². The van der Waals surface area contributed by atoms with E-state index in [2.05, 4.69) is 16.9 Å². The van der Waals surface area contributed by atoms with Crippen molar-refractivity contribution in [2.45, 2.75) is 32.4 Å². The highest BCUT2D eigenvalue weighted by Gasteiger charge is 2.28. The van der Waals surface area contributed by atoms with Gasteiger partial charge in [0.2, 0.25) is 0 Å². The van der Waals surface area contributed by atoms with Crippen LogP contribution in [0.3, 0.4) is 0 Å². The number of aromatic nitrogens is 2. The van der Waals surface area contributed by atoms with Crippen LogP contribution in [0.4, 0.5) is 0 Å². The Morgan fingerprint density at radius 1 is 1.24 bits per heavy atom. The first-order valence-corrected chi connectivity index (χ1v) is 10.8. The SMILES string of the molecule is Cc1c(C(=O)N(C)C2CCN(C)CC2)sc2ncn(Cc3ccccc3)c(=O)c12. The normalized spacial score (nSPS) is 15.7. The van der Waals surface area contributed by atoms with E-state index in [0.717, 1.165) is 37.1 Å². The second-order valence-corrected chi connectivity index (χ2v) is 8.85. The monoisotopic (exact) mass is 410 g/mol. The minimum Gasteiger partial charge on any atom is -0.338 e. The highest BCUT2D eigenvalue weighted by molar-refractivity contribution is 7.20. The molecule has 1 saturated heterocycles. The third kappa shape index (κ3) is 3.84. The molecule has 0 bridgehead atoms. The Labute approximate surface area is 174 Å². The van der Waals surface area contributed by atoms with E-state index >= 15 is 0 Å². The van der Waals surface area contributed by atoms with Crippen molar-refractivity contribution in [3.63, 3.8) is 0 Å². The molecule has 6 nitrogen and oxygen atoms in total. The second-order valence-electron chi connectivity index (χ2n) is 7.85. The Balaban J connectivity index is 1.64. The van der Waals surface area contributed by atoms with Crippen molar-refractivity contribution in [3.05, 3.63) is 63.0 Å². The highest BCUT2D eigenvalue weighted by atomic mass is 32.1. The van der Waals surface area contributed by atoms with E-state index in [0.29, 0.717) is 21.6 Å². The molecule has 29 heavy (non-hydrogen) atoms. The minimum absolute atomic E-state index is 0.00550. The second kappa shape index (κ2) is 8.08. The van der Waals surface area contributed by atoms with E-state index in [1.54, 1.807) is 10.9 Å². The Kier molecular flexibility index (Phi) is 5.52. The van der Waals surface area contributed by atoms with Crippen LogP contribution in [0.15, 0.2) is 41.5 Å². The Bertz CT molecular complexity index is 1080. The summed E-state index contributed by atoms with van der Waals surface area (Å²) in [6.07, 6.45) is 3.54. The number of aryl methyl sites for hydroxylation is 1. The molecule has 1 aromatic carbocycles. The van der Waals surface area contributed by atoms with Crippen LogP contribution in [-0.2, 0) is 6.54 Å². The van der Waals surface area contributed by atoms with Gasteiger partial charge in [0.15, 0.2) is 0 Å². The molecule has 0 aliphatic carbocycles. The molecule has 1 aliphatic heterocycles. The molecule has 0 spiro atoms. The third-order valence-electron chi connectivity index (χ3n) is 5.86. The smallest absolute Gasteiger partial charge is 0.264 e. The quantitative estimate of drug-likeness (QED) is 0.664. The van der Waals surface area contributed by atoms with Crippen LogP contribution in [0.2, 0.25) is 0 Å². The van der Waals surface area contributed by atoms with Crippen molar-refractivity contribution in [2.75, 3.05) is 27.2 Å². The van der Waals surface area contributed by atoms with E-state index in [-0.39, 0.29) is 17.5 Å². The number of likely N-dealkylation sites (tertiary alicyclic amines) is 1. The number of carbonyl (C=O) groups is 1. The van der Waals surface area contributed by atoms with Crippen LogP contribution in [-0.4, -0.2) is 58.5 Å². The maximum atomic E-state index is 13.2. The first kappa shape index (κ1) is 19.8. The average Bonchev–Trinajstić information content (AvgIpc) is 3.07. The fourth-order valence-electron chi connectivity index (χ4n) is 3.96. The van der Waals surface area contributed by atoms with Crippen molar-refractivity contribution >= 4 is 27.5 Å². The van der Waals surface area contributed by atoms with Gasteiger partial charge in [0.1, 0.15) is 4.83 Å².